The number of rotatable bonds is 5. The van der Waals surface area contributed by atoms with E-state index in [-0.39, 0.29) is 6.04 Å². The van der Waals surface area contributed by atoms with Crippen molar-refractivity contribution in [3.63, 3.8) is 0 Å². The number of urea groups is 1. The zero-order valence-corrected chi connectivity index (χ0v) is 14.0. The van der Waals surface area contributed by atoms with Crippen LogP contribution in [0.15, 0.2) is 30.3 Å². The fourth-order valence-electron chi connectivity index (χ4n) is 3.21. The van der Waals surface area contributed by atoms with Crippen molar-refractivity contribution >= 4 is 17.8 Å². The third-order valence-corrected chi connectivity index (χ3v) is 4.68. The van der Waals surface area contributed by atoms with Crippen LogP contribution in [-0.2, 0) is 15.1 Å². The van der Waals surface area contributed by atoms with Crippen LogP contribution in [0.1, 0.15) is 25.3 Å². The second kappa shape index (κ2) is 6.30. The summed E-state index contributed by atoms with van der Waals surface area (Å²) < 4.78 is 41.5. The Morgan fingerprint density at radius 3 is 2.38 bits per heavy atom. The van der Waals surface area contributed by atoms with Gasteiger partial charge in [-0.1, -0.05) is 30.3 Å². The number of halogens is 3. The molecular weight excluding hydrogens is 351 g/mol. The molecule has 1 unspecified atom stereocenters. The second-order valence-electron chi connectivity index (χ2n) is 6.35. The molecular formula is C17H18F3N3O3. The molecule has 4 amide bonds. The summed E-state index contributed by atoms with van der Waals surface area (Å²) in [5.41, 5.74) is -3.57. The maximum absolute atomic E-state index is 13.8. The van der Waals surface area contributed by atoms with E-state index in [1.807, 2.05) is 0 Å². The zero-order chi connectivity index (χ0) is 19.1. The van der Waals surface area contributed by atoms with Crippen LogP contribution in [0.25, 0.3) is 0 Å². The Labute approximate surface area is 147 Å². The van der Waals surface area contributed by atoms with Gasteiger partial charge in [0.15, 0.2) is 0 Å². The van der Waals surface area contributed by atoms with Crippen LogP contribution in [0.5, 0.6) is 0 Å². The van der Waals surface area contributed by atoms with E-state index in [1.165, 1.54) is 23.1 Å². The normalized spacial score (nSPS) is 23.2. The first-order valence-corrected chi connectivity index (χ1v) is 8.28. The predicted molar refractivity (Wildman–Crippen MR) is 84.8 cm³/mol. The number of benzene rings is 1. The summed E-state index contributed by atoms with van der Waals surface area (Å²) in [6.45, 7) is 1.40. The number of carbonyl (C=O) groups excluding carboxylic acids is 3. The van der Waals surface area contributed by atoms with Crippen molar-refractivity contribution in [3.05, 3.63) is 35.9 Å². The predicted octanol–water partition coefficient (Wildman–Crippen LogP) is 2.01. The van der Waals surface area contributed by atoms with E-state index in [4.69, 9.17) is 0 Å². The van der Waals surface area contributed by atoms with Gasteiger partial charge in [-0.05, 0) is 25.3 Å². The lowest BCUT2D eigenvalue weighted by Crippen LogP contribution is -2.56. The Morgan fingerprint density at radius 1 is 1.27 bits per heavy atom. The van der Waals surface area contributed by atoms with Gasteiger partial charge in [0.2, 0.25) is 11.4 Å². The number of hydrogen-bond donors (Lipinski definition) is 1. The molecule has 1 saturated heterocycles. The van der Waals surface area contributed by atoms with Crippen molar-refractivity contribution < 1.29 is 27.6 Å². The van der Waals surface area contributed by atoms with Crippen LogP contribution in [-0.4, -0.2) is 53.0 Å². The monoisotopic (exact) mass is 369 g/mol. The third-order valence-electron chi connectivity index (χ3n) is 4.68. The average Bonchev–Trinajstić information content (AvgIpc) is 3.38. The lowest BCUT2D eigenvalue weighted by molar-refractivity contribution is -0.198. The molecule has 1 atom stereocenters. The summed E-state index contributed by atoms with van der Waals surface area (Å²) in [6, 6.07) is 5.26. The highest BCUT2D eigenvalue weighted by Gasteiger charge is 2.68. The van der Waals surface area contributed by atoms with Gasteiger partial charge in [-0.2, -0.15) is 13.2 Å². The summed E-state index contributed by atoms with van der Waals surface area (Å²) in [4.78, 5) is 39.1. The Bertz CT molecular complexity index is 734. The minimum Gasteiger partial charge on any atom is -0.338 e. The number of nitrogens with one attached hydrogen (secondary N) is 1. The minimum atomic E-state index is -5.06. The van der Waals surface area contributed by atoms with E-state index in [0.29, 0.717) is 11.4 Å². The SMILES string of the molecule is CCN(C(=O)CN1C(=O)NC(c2ccccc2)(C(F)(F)F)C1=O)C1CC1. The molecule has 1 aliphatic heterocycles. The molecule has 1 saturated carbocycles. The molecule has 1 aromatic rings. The van der Waals surface area contributed by atoms with Crippen LogP contribution in [0, 0.1) is 0 Å². The molecule has 6 nitrogen and oxygen atoms in total. The van der Waals surface area contributed by atoms with Crippen LogP contribution in [0.3, 0.4) is 0 Å². The van der Waals surface area contributed by atoms with Crippen molar-refractivity contribution in [1.29, 1.82) is 0 Å². The van der Waals surface area contributed by atoms with Crippen molar-refractivity contribution in [2.45, 2.75) is 37.5 Å². The summed E-state index contributed by atoms with van der Waals surface area (Å²) in [6.07, 6.45) is -3.42. The van der Waals surface area contributed by atoms with Gasteiger partial charge >= 0.3 is 12.2 Å². The molecule has 1 aromatic carbocycles. The molecule has 1 N–H and O–H groups in total. The fourth-order valence-corrected chi connectivity index (χ4v) is 3.21. The van der Waals surface area contributed by atoms with Crippen molar-refractivity contribution in [1.82, 2.24) is 15.1 Å². The Morgan fingerprint density at radius 2 is 1.88 bits per heavy atom. The lowest BCUT2D eigenvalue weighted by atomic mass is 9.89. The highest BCUT2D eigenvalue weighted by atomic mass is 19.4. The molecule has 2 aliphatic rings. The van der Waals surface area contributed by atoms with Crippen molar-refractivity contribution in [2.24, 2.45) is 0 Å². The van der Waals surface area contributed by atoms with Gasteiger partial charge in [0.1, 0.15) is 6.54 Å². The second-order valence-corrected chi connectivity index (χ2v) is 6.35. The molecule has 1 heterocycles. The lowest BCUT2D eigenvalue weighted by Gasteiger charge is -2.29. The molecule has 1 aliphatic carbocycles. The first-order chi connectivity index (χ1) is 12.2. The van der Waals surface area contributed by atoms with E-state index in [1.54, 1.807) is 12.2 Å². The van der Waals surface area contributed by atoms with Gasteiger partial charge in [-0.15, -0.1) is 0 Å². The minimum absolute atomic E-state index is 0.0368. The topological polar surface area (TPSA) is 69.7 Å². The molecule has 2 fully saturated rings. The average molecular weight is 369 g/mol. The number of hydrogen-bond acceptors (Lipinski definition) is 3. The Balaban J connectivity index is 1.92. The number of carbonyl (C=O) groups is 3. The first-order valence-electron chi connectivity index (χ1n) is 8.28. The molecule has 26 heavy (non-hydrogen) atoms. The van der Waals surface area contributed by atoms with E-state index < -0.39 is 41.7 Å². The van der Waals surface area contributed by atoms with E-state index in [0.717, 1.165) is 25.0 Å². The van der Waals surface area contributed by atoms with Crippen LogP contribution >= 0.6 is 0 Å². The van der Waals surface area contributed by atoms with Gasteiger partial charge < -0.3 is 10.2 Å². The molecule has 0 spiro atoms. The maximum atomic E-state index is 13.8. The third kappa shape index (κ3) is 2.81. The first kappa shape index (κ1) is 18.2. The van der Waals surface area contributed by atoms with Crippen LogP contribution in [0.2, 0.25) is 0 Å². The summed E-state index contributed by atoms with van der Waals surface area (Å²) in [7, 11) is 0. The fraction of sp³-hybridized carbons (Fsp3) is 0.471. The highest BCUT2D eigenvalue weighted by molar-refractivity contribution is 6.10. The quantitative estimate of drug-likeness (QED) is 0.808. The Kier molecular flexibility index (Phi) is 4.41. The number of likely N-dealkylation sites (N-methyl/N-ethyl adjacent to an activating group) is 1. The molecule has 0 aromatic heterocycles. The number of alkyl halides is 3. The number of amides is 4. The standard InChI is InChI=1S/C17H18F3N3O3/c1-2-22(12-8-9-12)13(24)10-23-14(25)16(17(18,19)20,21-15(23)26)11-6-4-3-5-7-11/h3-7,12H,2,8-10H2,1H3,(H,21,26). The Hall–Kier alpha value is -2.58. The smallest absolute Gasteiger partial charge is 0.338 e. The summed E-state index contributed by atoms with van der Waals surface area (Å²) in [5.74, 6) is -2.02. The summed E-state index contributed by atoms with van der Waals surface area (Å²) in [5, 5.41) is 1.77. The highest BCUT2D eigenvalue weighted by Crippen LogP contribution is 2.43. The number of imide groups is 1. The van der Waals surface area contributed by atoms with Gasteiger partial charge in [0, 0.05) is 12.6 Å². The van der Waals surface area contributed by atoms with Crippen molar-refractivity contribution in [2.75, 3.05) is 13.1 Å². The molecule has 0 radical (unpaired) electrons. The van der Waals surface area contributed by atoms with E-state index >= 15 is 0 Å². The zero-order valence-electron chi connectivity index (χ0n) is 14.0. The van der Waals surface area contributed by atoms with Crippen LogP contribution < -0.4 is 5.32 Å². The summed E-state index contributed by atoms with van der Waals surface area (Å²) >= 11 is 0. The number of nitrogens with zero attached hydrogens (tertiary/aromatic N) is 2. The molecule has 3 rings (SSSR count). The van der Waals surface area contributed by atoms with E-state index in [9.17, 15) is 27.6 Å². The van der Waals surface area contributed by atoms with Gasteiger partial charge in [-0.3, -0.25) is 14.5 Å². The van der Waals surface area contributed by atoms with E-state index in [2.05, 4.69) is 0 Å². The van der Waals surface area contributed by atoms with Gasteiger partial charge in [-0.25, -0.2) is 4.79 Å². The molecule has 0 bridgehead atoms. The van der Waals surface area contributed by atoms with Gasteiger partial charge in [0.05, 0.1) is 0 Å². The van der Waals surface area contributed by atoms with Gasteiger partial charge in [0.25, 0.3) is 5.91 Å². The van der Waals surface area contributed by atoms with Crippen LogP contribution in [0.4, 0.5) is 18.0 Å². The maximum Gasteiger partial charge on any atom is 0.425 e. The largest absolute Gasteiger partial charge is 0.425 e. The molecule has 9 heteroatoms. The molecule has 140 valence electrons. The van der Waals surface area contributed by atoms with Crippen molar-refractivity contribution in [3.8, 4) is 0 Å².